The van der Waals surface area contributed by atoms with Crippen molar-refractivity contribution in [3.05, 3.63) is 75.1 Å². The third-order valence-corrected chi connectivity index (χ3v) is 3.18. The van der Waals surface area contributed by atoms with Crippen molar-refractivity contribution >= 4 is 15.9 Å². The SMILES string of the molecule is O=NC(Cc1ccccc1)c1ccc(Br)cc1. The summed E-state index contributed by atoms with van der Waals surface area (Å²) in [6.45, 7) is 0. The van der Waals surface area contributed by atoms with Crippen molar-refractivity contribution in [2.75, 3.05) is 0 Å². The van der Waals surface area contributed by atoms with Crippen LogP contribution in [0, 0.1) is 4.91 Å². The lowest BCUT2D eigenvalue weighted by Gasteiger charge is -2.09. The van der Waals surface area contributed by atoms with Crippen molar-refractivity contribution in [1.82, 2.24) is 0 Å². The molecule has 0 radical (unpaired) electrons. The summed E-state index contributed by atoms with van der Waals surface area (Å²) >= 11 is 3.37. The first-order chi connectivity index (χ1) is 8.29. The molecular formula is C14H12BrNO. The predicted molar refractivity (Wildman–Crippen MR) is 72.8 cm³/mol. The molecule has 0 saturated carbocycles. The van der Waals surface area contributed by atoms with Crippen LogP contribution in [0.5, 0.6) is 0 Å². The zero-order valence-corrected chi connectivity index (χ0v) is 10.8. The first kappa shape index (κ1) is 12.0. The molecule has 0 saturated heterocycles. The zero-order valence-electron chi connectivity index (χ0n) is 9.21. The van der Waals surface area contributed by atoms with Gasteiger partial charge in [0.2, 0.25) is 0 Å². The minimum absolute atomic E-state index is 0.314. The Bertz CT molecular complexity index is 481. The second-order valence-corrected chi connectivity index (χ2v) is 4.78. The van der Waals surface area contributed by atoms with Gasteiger partial charge in [-0.05, 0) is 23.3 Å². The van der Waals surface area contributed by atoms with Crippen LogP contribution in [0.2, 0.25) is 0 Å². The normalized spacial score (nSPS) is 12.1. The molecule has 2 aromatic carbocycles. The van der Waals surface area contributed by atoms with E-state index < -0.39 is 0 Å². The highest BCUT2D eigenvalue weighted by Gasteiger charge is 2.12. The van der Waals surface area contributed by atoms with Gasteiger partial charge in [-0.1, -0.05) is 63.6 Å². The van der Waals surface area contributed by atoms with Crippen molar-refractivity contribution in [1.29, 1.82) is 0 Å². The summed E-state index contributed by atoms with van der Waals surface area (Å²) in [7, 11) is 0. The molecule has 0 bridgehead atoms. The van der Waals surface area contributed by atoms with Crippen LogP contribution in [-0.4, -0.2) is 0 Å². The Morgan fingerprint density at radius 3 is 2.24 bits per heavy atom. The number of nitrogens with zero attached hydrogens (tertiary/aromatic N) is 1. The fraction of sp³-hybridized carbons (Fsp3) is 0.143. The zero-order chi connectivity index (χ0) is 12.1. The number of benzene rings is 2. The number of hydrogen-bond acceptors (Lipinski definition) is 2. The highest BCUT2D eigenvalue weighted by Crippen LogP contribution is 2.23. The van der Waals surface area contributed by atoms with E-state index in [9.17, 15) is 4.91 Å². The minimum Gasteiger partial charge on any atom is -0.150 e. The molecule has 86 valence electrons. The summed E-state index contributed by atoms with van der Waals surface area (Å²) in [6.07, 6.45) is 0.645. The largest absolute Gasteiger partial charge is 0.150 e. The molecule has 17 heavy (non-hydrogen) atoms. The summed E-state index contributed by atoms with van der Waals surface area (Å²) in [4.78, 5) is 10.9. The lowest BCUT2D eigenvalue weighted by Crippen LogP contribution is -1.99. The molecule has 1 unspecified atom stereocenters. The van der Waals surface area contributed by atoms with Crippen LogP contribution in [0.1, 0.15) is 17.2 Å². The second kappa shape index (κ2) is 5.73. The van der Waals surface area contributed by atoms with Gasteiger partial charge in [0.15, 0.2) is 0 Å². The van der Waals surface area contributed by atoms with E-state index in [0.717, 1.165) is 15.6 Å². The van der Waals surface area contributed by atoms with Crippen LogP contribution in [0.25, 0.3) is 0 Å². The molecule has 2 aromatic rings. The van der Waals surface area contributed by atoms with Gasteiger partial charge in [-0.2, -0.15) is 4.91 Å². The summed E-state index contributed by atoms with van der Waals surface area (Å²) in [5.41, 5.74) is 2.08. The summed E-state index contributed by atoms with van der Waals surface area (Å²) in [5, 5.41) is 3.22. The monoisotopic (exact) mass is 289 g/mol. The van der Waals surface area contributed by atoms with Crippen molar-refractivity contribution in [2.24, 2.45) is 5.18 Å². The van der Waals surface area contributed by atoms with Gasteiger partial charge in [0.1, 0.15) is 6.04 Å². The van der Waals surface area contributed by atoms with E-state index in [1.165, 1.54) is 0 Å². The lowest BCUT2D eigenvalue weighted by atomic mass is 10.00. The van der Waals surface area contributed by atoms with Gasteiger partial charge in [0.25, 0.3) is 0 Å². The predicted octanol–water partition coefficient (Wildman–Crippen LogP) is 4.50. The fourth-order valence-electron chi connectivity index (χ4n) is 1.74. The maximum absolute atomic E-state index is 10.9. The lowest BCUT2D eigenvalue weighted by molar-refractivity contribution is 0.718. The number of rotatable bonds is 4. The van der Waals surface area contributed by atoms with Crippen LogP contribution in [-0.2, 0) is 6.42 Å². The van der Waals surface area contributed by atoms with Crippen LogP contribution in [0.15, 0.2) is 64.2 Å². The molecular weight excluding hydrogens is 278 g/mol. The third-order valence-electron chi connectivity index (χ3n) is 2.65. The van der Waals surface area contributed by atoms with Crippen LogP contribution < -0.4 is 0 Å². The molecule has 0 aliphatic heterocycles. The molecule has 0 spiro atoms. The molecule has 2 rings (SSSR count). The minimum atomic E-state index is -0.314. The standard InChI is InChI=1S/C14H12BrNO/c15-13-8-6-12(7-9-13)14(16-17)10-11-4-2-1-3-5-11/h1-9,14H,10H2. The van der Waals surface area contributed by atoms with Crippen molar-refractivity contribution in [3.63, 3.8) is 0 Å². The fourth-order valence-corrected chi connectivity index (χ4v) is 2.00. The van der Waals surface area contributed by atoms with Gasteiger partial charge < -0.3 is 0 Å². The highest BCUT2D eigenvalue weighted by atomic mass is 79.9. The molecule has 0 heterocycles. The Hall–Kier alpha value is -1.48. The van der Waals surface area contributed by atoms with E-state index in [2.05, 4.69) is 21.1 Å². The third kappa shape index (κ3) is 3.24. The summed E-state index contributed by atoms with van der Waals surface area (Å²) < 4.78 is 1.01. The molecule has 1 atom stereocenters. The van der Waals surface area contributed by atoms with Crippen molar-refractivity contribution in [3.8, 4) is 0 Å². The van der Waals surface area contributed by atoms with Crippen LogP contribution in [0.4, 0.5) is 0 Å². The molecule has 0 aliphatic rings. The van der Waals surface area contributed by atoms with Crippen LogP contribution >= 0.6 is 15.9 Å². The van der Waals surface area contributed by atoms with E-state index in [1.54, 1.807) is 0 Å². The van der Waals surface area contributed by atoms with Gasteiger partial charge in [0, 0.05) is 10.9 Å². The summed E-state index contributed by atoms with van der Waals surface area (Å²) in [6, 6.07) is 17.3. The topological polar surface area (TPSA) is 29.4 Å². The number of nitroso groups, excluding NO2 is 1. The quantitative estimate of drug-likeness (QED) is 0.762. The first-order valence-electron chi connectivity index (χ1n) is 5.41. The van der Waals surface area contributed by atoms with Crippen LogP contribution in [0.3, 0.4) is 0 Å². The Balaban J connectivity index is 2.17. The Morgan fingerprint density at radius 2 is 1.65 bits per heavy atom. The molecule has 0 fully saturated rings. The molecule has 2 nitrogen and oxygen atoms in total. The second-order valence-electron chi connectivity index (χ2n) is 3.86. The van der Waals surface area contributed by atoms with E-state index in [1.807, 2.05) is 54.6 Å². The van der Waals surface area contributed by atoms with Crippen molar-refractivity contribution < 1.29 is 0 Å². The Kier molecular flexibility index (Phi) is 4.04. The maximum Gasteiger partial charge on any atom is 0.121 e. The molecule has 0 aromatic heterocycles. The van der Waals surface area contributed by atoms with E-state index in [-0.39, 0.29) is 6.04 Å². The maximum atomic E-state index is 10.9. The molecule has 0 N–H and O–H groups in total. The van der Waals surface area contributed by atoms with Gasteiger partial charge in [-0.15, -0.1) is 0 Å². The Morgan fingerprint density at radius 1 is 1.00 bits per heavy atom. The van der Waals surface area contributed by atoms with Gasteiger partial charge in [-0.3, -0.25) is 0 Å². The molecule has 0 amide bonds. The molecule has 3 heteroatoms. The number of hydrogen-bond donors (Lipinski definition) is 0. The smallest absolute Gasteiger partial charge is 0.121 e. The van der Waals surface area contributed by atoms with Gasteiger partial charge in [-0.25, -0.2) is 0 Å². The number of halogens is 1. The summed E-state index contributed by atoms with van der Waals surface area (Å²) in [5.74, 6) is 0. The van der Waals surface area contributed by atoms with Gasteiger partial charge in [0.05, 0.1) is 0 Å². The first-order valence-corrected chi connectivity index (χ1v) is 6.21. The average molecular weight is 290 g/mol. The van der Waals surface area contributed by atoms with E-state index >= 15 is 0 Å². The highest BCUT2D eigenvalue weighted by molar-refractivity contribution is 9.10. The van der Waals surface area contributed by atoms with E-state index in [0.29, 0.717) is 6.42 Å². The molecule has 0 aliphatic carbocycles. The van der Waals surface area contributed by atoms with Gasteiger partial charge >= 0.3 is 0 Å². The van der Waals surface area contributed by atoms with Crippen molar-refractivity contribution in [2.45, 2.75) is 12.5 Å². The average Bonchev–Trinajstić information content (AvgIpc) is 2.38. The Labute approximate surface area is 109 Å². The van der Waals surface area contributed by atoms with E-state index in [4.69, 9.17) is 0 Å².